The molecule has 2 N–H and O–H groups in total. The molecule has 1 atom stereocenters. The first-order chi connectivity index (χ1) is 14.6. The van der Waals surface area contributed by atoms with Gasteiger partial charge in [0.05, 0.1) is 6.54 Å². The van der Waals surface area contributed by atoms with Gasteiger partial charge in [0.15, 0.2) is 5.96 Å². The van der Waals surface area contributed by atoms with Gasteiger partial charge in [0.25, 0.3) is 0 Å². The number of hydrogen-bond acceptors (Lipinski definition) is 4. The molecule has 1 aliphatic rings. The predicted octanol–water partition coefficient (Wildman–Crippen LogP) is 2.55. The van der Waals surface area contributed by atoms with Crippen LogP contribution in [0.15, 0.2) is 34.1 Å². The van der Waals surface area contributed by atoms with E-state index in [-0.39, 0.29) is 41.6 Å². The van der Waals surface area contributed by atoms with Crippen molar-refractivity contribution in [3.8, 4) is 5.75 Å². The maximum Gasteiger partial charge on any atom is 0.345 e. The molecule has 0 saturated carbocycles. The highest BCUT2D eigenvalue weighted by molar-refractivity contribution is 14.0. The van der Waals surface area contributed by atoms with Crippen LogP contribution >= 0.6 is 24.0 Å². The summed E-state index contributed by atoms with van der Waals surface area (Å²) in [5.41, 5.74) is -0.00593. The van der Waals surface area contributed by atoms with E-state index in [4.69, 9.17) is 4.74 Å². The molecule has 1 aliphatic heterocycles. The van der Waals surface area contributed by atoms with Gasteiger partial charge >= 0.3 is 5.69 Å². The summed E-state index contributed by atoms with van der Waals surface area (Å²) in [7, 11) is 0. The lowest BCUT2D eigenvalue weighted by atomic mass is 10.2. The number of nitrogens with one attached hydrogen (secondary N) is 2. The van der Waals surface area contributed by atoms with Gasteiger partial charge < -0.3 is 15.4 Å². The second-order valence-electron chi connectivity index (χ2n) is 7.42. The van der Waals surface area contributed by atoms with Gasteiger partial charge in [-0.05, 0) is 45.2 Å². The summed E-state index contributed by atoms with van der Waals surface area (Å²) in [5.74, 6) is 1.75. The zero-order valence-electron chi connectivity index (χ0n) is 18.1. The van der Waals surface area contributed by atoms with Gasteiger partial charge in [-0.25, -0.2) is 18.9 Å². The van der Waals surface area contributed by atoms with Crippen molar-refractivity contribution >= 4 is 29.9 Å². The Balaban J connectivity index is 0.00000341. The Morgan fingerprint density at radius 3 is 2.94 bits per heavy atom. The van der Waals surface area contributed by atoms with Crippen LogP contribution in [0.2, 0.25) is 0 Å². The lowest BCUT2D eigenvalue weighted by Crippen LogP contribution is -2.39. The first-order valence-corrected chi connectivity index (χ1v) is 10.7. The van der Waals surface area contributed by atoms with E-state index in [0.29, 0.717) is 31.3 Å². The van der Waals surface area contributed by atoms with E-state index in [1.165, 1.54) is 12.1 Å². The van der Waals surface area contributed by atoms with Gasteiger partial charge in [-0.2, -0.15) is 5.10 Å². The van der Waals surface area contributed by atoms with Crippen LogP contribution in [-0.4, -0.2) is 46.0 Å². The summed E-state index contributed by atoms with van der Waals surface area (Å²) in [5, 5.41) is 10.9. The minimum atomic E-state index is -0.323. The van der Waals surface area contributed by atoms with Crippen molar-refractivity contribution in [3.05, 3.63) is 46.4 Å². The molecule has 0 fully saturated rings. The Morgan fingerprint density at radius 2 is 2.19 bits per heavy atom. The van der Waals surface area contributed by atoms with Gasteiger partial charge in [0, 0.05) is 38.7 Å². The van der Waals surface area contributed by atoms with Crippen molar-refractivity contribution < 1.29 is 9.13 Å². The van der Waals surface area contributed by atoms with Crippen LogP contribution in [0.3, 0.4) is 0 Å². The molecule has 0 spiro atoms. The highest BCUT2D eigenvalue weighted by Crippen LogP contribution is 2.13. The standard InChI is InChI=1S/C21H31FN6O2.HI/c1-3-23-20(25-15-16(2)30-18-9-6-8-17(22)14-18)24-11-7-13-28-21(29)27-12-5-4-10-19(27)26-28;/h6,8-9,14,16H,3-5,7,10-13,15H2,1-2H3,(H2,23,24,25);1H. The second kappa shape index (κ2) is 12.7. The SMILES string of the molecule is CCNC(=NCC(C)Oc1cccc(F)c1)NCCCn1nc2n(c1=O)CCCC2.I. The average Bonchev–Trinajstić information content (AvgIpc) is 3.05. The number of aromatic nitrogens is 3. The van der Waals surface area contributed by atoms with E-state index in [1.807, 2.05) is 13.8 Å². The lowest BCUT2D eigenvalue weighted by Gasteiger charge is -2.15. The number of aliphatic imine (C=N–C) groups is 1. The van der Waals surface area contributed by atoms with E-state index in [2.05, 4.69) is 20.7 Å². The normalized spacial score (nSPS) is 14.4. The van der Waals surface area contributed by atoms with Gasteiger partial charge in [0.2, 0.25) is 0 Å². The molecule has 0 aliphatic carbocycles. The quantitative estimate of drug-likeness (QED) is 0.219. The van der Waals surface area contributed by atoms with Crippen molar-refractivity contribution in [2.45, 2.75) is 58.7 Å². The van der Waals surface area contributed by atoms with Crippen LogP contribution in [0.5, 0.6) is 5.75 Å². The van der Waals surface area contributed by atoms with E-state index < -0.39 is 0 Å². The van der Waals surface area contributed by atoms with Crippen molar-refractivity contribution in [3.63, 3.8) is 0 Å². The summed E-state index contributed by atoms with van der Waals surface area (Å²) in [6.45, 7) is 7.07. The minimum absolute atomic E-state index is 0. The largest absolute Gasteiger partial charge is 0.489 e. The van der Waals surface area contributed by atoms with E-state index in [9.17, 15) is 9.18 Å². The molecule has 8 nitrogen and oxygen atoms in total. The van der Waals surface area contributed by atoms with E-state index in [0.717, 1.165) is 44.6 Å². The molecule has 1 aromatic carbocycles. The molecule has 31 heavy (non-hydrogen) atoms. The number of nitrogens with zero attached hydrogens (tertiary/aromatic N) is 4. The van der Waals surface area contributed by atoms with E-state index in [1.54, 1.807) is 21.4 Å². The molecule has 1 unspecified atom stereocenters. The summed E-state index contributed by atoms with van der Waals surface area (Å²) >= 11 is 0. The molecular weight excluding hydrogens is 514 g/mol. The second-order valence-corrected chi connectivity index (χ2v) is 7.42. The first kappa shape index (κ1) is 25.2. The first-order valence-electron chi connectivity index (χ1n) is 10.7. The summed E-state index contributed by atoms with van der Waals surface area (Å²) in [6, 6.07) is 6.09. The smallest absolute Gasteiger partial charge is 0.345 e. The fourth-order valence-electron chi connectivity index (χ4n) is 3.40. The maximum absolute atomic E-state index is 13.3. The Morgan fingerprint density at radius 1 is 1.35 bits per heavy atom. The number of fused-ring (bicyclic) bond motifs is 1. The highest BCUT2D eigenvalue weighted by atomic mass is 127. The Kier molecular flexibility index (Phi) is 10.3. The van der Waals surface area contributed by atoms with Crippen LogP contribution in [-0.2, 0) is 19.5 Å². The number of halogens is 2. The van der Waals surface area contributed by atoms with Crippen molar-refractivity contribution in [2.75, 3.05) is 19.6 Å². The third-order valence-electron chi connectivity index (χ3n) is 4.85. The van der Waals surface area contributed by atoms with Crippen LogP contribution in [0.25, 0.3) is 0 Å². The predicted molar refractivity (Wildman–Crippen MR) is 130 cm³/mol. The number of guanidine groups is 1. The molecule has 2 heterocycles. The minimum Gasteiger partial charge on any atom is -0.489 e. The van der Waals surface area contributed by atoms with Gasteiger partial charge in [-0.3, -0.25) is 4.57 Å². The number of rotatable bonds is 9. The number of benzene rings is 1. The van der Waals surface area contributed by atoms with Crippen molar-refractivity contribution in [1.82, 2.24) is 25.0 Å². The molecule has 0 saturated heterocycles. The third-order valence-corrected chi connectivity index (χ3v) is 4.85. The zero-order valence-corrected chi connectivity index (χ0v) is 20.5. The number of aryl methyl sites for hydroxylation is 2. The van der Waals surface area contributed by atoms with Crippen LogP contribution in [0, 0.1) is 5.82 Å². The van der Waals surface area contributed by atoms with E-state index >= 15 is 0 Å². The van der Waals surface area contributed by atoms with Crippen LogP contribution in [0.1, 0.15) is 38.9 Å². The monoisotopic (exact) mass is 546 g/mol. The topological polar surface area (TPSA) is 85.5 Å². The van der Waals surface area contributed by atoms with Gasteiger partial charge in [-0.1, -0.05) is 6.07 Å². The number of hydrogen-bond donors (Lipinski definition) is 2. The molecule has 3 rings (SSSR count). The molecule has 0 bridgehead atoms. The maximum atomic E-state index is 13.3. The van der Waals surface area contributed by atoms with Crippen LogP contribution in [0.4, 0.5) is 4.39 Å². The third kappa shape index (κ3) is 7.51. The summed E-state index contributed by atoms with van der Waals surface area (Å²) < 4.78 is 22.3. The Labute approximate surface area is 199 Å². The summed E-state index contributed by atoms with van der Waals surface area (Å²) in [6.07, 6.45) is 3.59. The number of ether oxygens (including phenoxy) is 1. The summed E-state index contributed by atoms with van der Waals surface area (Å²) in [4.78, 5) is 16.9. The molecule has 2 aromatic rings. The van der Waals surface area contributed by atoms with Gasteiger partial charge in [0.1, 0.15) is 23.5 Å². The molecular formula is C21H32FIN6O2. The van der Waals surface area contributed by atoms with Crippen LogP contribution < -0.4 is 21.1 Å². The molecule has 172 valence electrons. The van der Waals surface area contributed by atoms with Gasteiger partial charge in [-0.15, -0.1) is 24.0 Å². The fourth-order valence-corrected chi connectivity index (χ4v) is 3.40. The van der Waals surface area contributed by atoms with Crippen molar-refractivity contribution in [1.29, 1.82) is 0 Å². The molecule has 1 aromatic heterocycles. The Bertz CT molecular complexity index is 914. The lowest BCUT2D eigenvalue weighted by molar-refractivity contribution is 0.229. The Hall–Kier alpha value is -2.11. The zero-order chi connectivity index (χ0) is 21.3. The highest BCUT2D eigenvalue weighted by Gasteiger charge is 2.16. The molecule has 0 amide bonds. The van der Waals surface area contributed by atoms with Crippen molar-refractivity contribution in [2.24, 2.45) is 4.99 Å². The fraction of sp³-hybridized carbons (Fsp3) is 0.571. The molecule has 0 radical (unpaired) electrons. The average molecular weight is 546 g/mol. The molecule has 10 heteroatoms.